The second kappa shape index (κ2) is 3.77. The first-order valence-electron chi connectivity index (χ1n) is 4.52. The van der Waals surface area contributed by atoms with Crippen molar-refractivity contribution in [3.05, 3.63) is 0 Å². The van der Waals surface area contributed by atoms with Gasteiger partial charge in [-0.1, -0.05) is 0 Å². The van der Waals surface area contributed by atoms with E-state index in [2.05, 4.69) is 0 Å². The van der Waals surface area contributed by atoms with Crippen LogP contribution in [0.4, 0.5) is 4.79 Å². The summed E-state index contributed by atoms with van der Waals surface area (Å²) in [4.78, 5) is 25.9. The number of piperidine rings is 1. The van der Waals surface area contributed by atoms with Gasteiger partial charge in [-0.15, -0.1) is 0 Å². The van der Waals surface area contributed by atoms with Gasteiger partial charge in [-0.3, -0.25) is 4.79 Å². The minimum atomic E-state index is 0.000000000000000444. The molecule has 0 radical (unpaired) electrons. The summed E-state index contributed by atoms with van der Waals surface area (Å²) >= 11 is 0. The minimum Gasteiger partial charge on any atom is -0.331 e. The Morgan fingerprint density at radius 1 is 1.54 bits per heavy atom. The smallest absolute Gasteiger partial charge is 0.319 e. The standard InChI is InChI=1S/C9H16N2O2/c1-7-6-8(12)4-5-11(7)9(13)10(2)3/h7H,4-6H2,1-3H3. The van der Waals surface area contributed by atoms with Crippen molar-refractivity contribution < 1.29 is 9.59 Å². The third-order valence-electron chi connectivity index (χ3n) is 2.31. The van der Waals surface area contributed by atoms with Gasteiger partial charge in [0.05, 0.1) is 0 Å². The van der Waals surface area contributed by atoms with Gasteiger partial charge >= 0.3 is 6.03 Å². The Morgan fingerprint density at radius 3 is 2.62 bits per heavy atom. The van der Waals surface area contributed by atoms with Gasteiger partial charge in [0.25, 0.3) is 0 Å². The molecule has 0 aliphatic carbocycles. The molecule has 1 saturated heterocycles. The van der Waals surface area contributed by atoms with E-state index in [0.717, 1.165) is 0 Å². The Bertz CT molecular complexity index is 226. The van der Waals surface area contributed by atoms with Gasteiger partial charge in [0, 0.05) is 39.5 Å². The van der Waals surface area contributed by atoms with Gasteiger partial charge in [-0.05, 0) is 6.92 Å². The van der Waals surface area contributed by atoms with E-state index < -0.39 is 0 Å². The van der Waals surface area contributed by atoms with Gasteiger partial charge in [0.2, 0.25) is 0 Å². The van der Waals surface area contributed by atoms with Crippen LogP contribution in [0, 0.1) is 0 Å². The number of Topliss-reactive ketones (excluding diaryl/α,β-unsaturated/α-hetero) is 1. The van der Waals surface area contributed by atoms with Crippen LogP contribution in [0.2, 0.25) is 0 Å². The quantitative estimate of drug-likeness (QED) is 0.556. The average molecular weight is 184 g/mol. The first-order valence-corrected chi connectivity index (χ1v) is 4.52. The van der Waals surface area contributed by atoms with Crippen molar-refractivity contribution in [1.29, 1.82) is 0 Å². The molecule has 1 fully saturated rings. The molecule has 1 aliphatic rings. The maximum atomic E-state index is 11.6. The van der Waals surface area contributed by atoms with E-state index in [4.69, 9.17) is 0 Å². The monoisotopic (exact) mass is 184 g/mol. The topological polar surface area (TPSA) is 40.6 Å². The summed E-state index contributed by atoms with van der Waals surface area (Å²) in [6, 6.07) is 0.0520. The summed E-state index contributed by atoms with van der Waals surface area (Å²) in [7, 11) is 3.46. The molecule has 0 bridgehead atoms. The van der Waals surface area contributed by atoms with Crippen LogP contribution in [0.25, 0.3) is 0 Å². The lowest BCUT2D eigenvalue weighted by molar-refractivity contribution is -0.122. The second-order valence-corrected chi connectivity index (χ2v) is 3.71. The molecule has 0 aromatic carbocycles. The number of rotatable bonds is 0. The molecule has 0 N–H and O–H groups in total. The molecule has 2 amide bonds. The molecule has 0 spiro atoms. The molecule has 1 atom stereocenters. The van der Waals surface area contributed by atoms with E-state index >= 15 is 0 Å². The van der Waals surface area contributed by atoms with Crippen molar-refractivity contribution in [3.8, 4) is 0 Å². The van der Waals surface area contributed by atoms with Crippen molar-refractivity contribution in [3.63, 3.8) is 0 Å². The number of ketones is 1. The third kappa shape index (κ3) is 2.20. The molecule has 0 saturated carbocycles. The zero-order chi connectivity index (χ0) is 10.0. The maximum Gasteiger partial charge on any atom is 0.319 e. The van der Waals surface area contributed by atoms with E-state index in [9.17, 15) is 9.59 Å². The number of carbonyl (C=O) groups excluding carboxylic acids is 2. The summed E-state index contributed by atoms with van der Waals surface area (Å²) in [6.45, 7) is 2.48. The molecule has 4 heteroatoms. The molecule has 1 rings (SSSR count). The summed E-state index contributed by atoms with van der Waals surface area (Å²) in [5, 5.41) is 0. The fourth-order valence-electron chi connectivity index (χ4n) is 1.55. The van der Waals surface area contributed by atoms with Crippen LogP contribution in [0.1, 0.15) is 19.8 Å². The number of hydrogen-bond acceptors (Lipinski definition) is 2. The van der Waals surface area contributed by atoms with E-state index in [1.807, 2.05) is 6.92 Å². The van der Waals surface area contributed by atoms with E-state index in [1.54, 1.807) is 23.9 Å². The number of nitrogens with zero attached hydrogens (tertiary/aromatic N) is 2. The fraction of sp³-hybridized carbons (Fsp3) is 0.778. The number of likely N-dealkylation sites (tertiary alicyclic amines) is 1. The Morgan fingerprint density at radius 2 is 2.15 bits per heavy atom. The summed E-state index contributed by atoms with van der Waals surface area (Å²) in [6.07, 6.45) is 1.00. The molecular weight excluding hydrogens is 168 g/mol. The number of amides is 2. The summed E-state index contributed by atoms with van der Waals surface area (Å²) in [5.74, 6) is 0.260. The summed E-state index contributed by atoms with van der Waals surface area (Å²) < 4.78 is 0. The zero-order valence-electron chi connectivity index (χ0n) is 8.41. The van der Waals surface area contributed by atoms with Crippen LogP contribution < -0.4 is 0 Å². The van der Waals surface area contributed by atoms with Gasteiger partial charge in [-0.2, -0.15) is 0 Å². The van der Waals surface area contributed by atoms with Crippen LogP contribution in [-0.2, 0) is 4.79 Å². The highest BCUT2D eigenvalue weighted by molar-refractivity contribution is 5.83. The van der Waals surface area contributed by atoms with Crippen LogP contribution in [0.3, 0.4) is 0 Å². The van der Waals surface area contributed by atoms with E-state index in [-0.39, 0.29) is 17.9 Å². The fourth-order valence-corrected chi connectivity index (χ4v) is 1.55. The lowest BCUT2D eigenvalue weighted by Crippen LogP contribution is -2.48. The predicted octanol–water partition coefficient (Wildman–Crippen LogP) is 0.721. The van der Waals surface area contributed by atoms with Crippen molar-refractivity contribution in [2.24, 2.45) is 0 Å². The van der Waals surface area contributed by atoms with Gasteiger partial charge in [-0.25, -0.2) is 4.79 Å². The highest BCUT2D eigenvalue weighted by Crippen LogP contribution is 2.14. The zero-order valence-corrected chi connectivity index (χ0v) is 8.41. The van der Waals surface area contributed by atoms with Crippen LogP contribution in [-0.4, -0.2) is 48.3 Å². The van der Waals surface area contributed by atoms with Crippen LogP contribution in [0.15, 0.2) is 0 Å². The number of carbonyl (C=O) groups is 2. The Kier molecular flexibility index (Phi) is 2.90. The number of hydrogen-bond donors (Lipinski definition) is 0. The molecule has 0 aromatic heterocycles. The Labute approximate surface area is 78.5 Å². The second-order valence-electron chi connectivity index (χ2n) is 3.71. The van der Waals surface area contributed by atoms with Crippen molar-refractivity contribution in [2.75, 3.05) is 20.6 Å². The normalized spacial score (nSPS) is 23.2. The molecule has 4 nitrogen and oxygen atoms in total. The van der Waals surface area contributed by atoms with Crippen molar-refractivity contribution in [2.45, 2.75) is 25.8 Å². The molecule has 1 aliphatic heterocycles. The third-order valence-corrected chi connectivity index (χ3v) is 2.31. The van der Waals surface area contributed by atoms with Gasteiger partial charge in [0.15, 0.2) is 0 Å². The number of urea groups is 1. The Hall–Kier alpha value is -1.06. The lowest BCUT2D eigenvalue weighted by Gasteiger charge is -2.34. The van der Waals surface area contributed by atoms with E-state index in [0.29, 0.717) is 19.4 Å². The lowest BCUT2D eigenvalue weighted by atomic mass is 10.0. The SMILES string of the molecule is CC1CC(=O)CCN1C(=O)N(C)C. The first-order chi connectivity index (χ1) is 6.02. The Balaban J connectivity index is 2.61. The highest BCUT2D eigenvalue weighted by Gasteiger charge is 2.27. The van der Waals surface area contributed by atoms with Crippen LogP contribution in [0.5, 0.6) is 0 Å². The van der Waals surface area contributed by atoms with Crippen LogP contribution >= 0.6 is 0 Å². The minimum absolute atomic E-state index is 0.000000000000000444. The van der Waals surface area contributed by atoms with Gasteiger partial charge < -0.3 is 9.80 Å². The average Bonchev–Trinajstić information content (AvgIpc) is 2.03. The molecular formula is C9H16N2O2. The maximum absolute atomic E-state index is 11.6. The largest absolute Gasteiger partial charge is 0.331 e. The van der Waals surface area contributed by atoms with Crippen molar-refractivity contribution in [1.82, 2.24) is 9.80 Å². The molecule has 0 aromatic rings. The molecule has 13 heavy (non-hydrogen) atoms. The molecule has 74 valence electrons. The molecule has 1 heterocycles. The molecule has 1 unspecified atom stereocenters. The predicted molar refractivity (Wildman–Crippen MR) is 49.5 cm³/mol. The summed E-state index contributed by atoms with van der Waals surface area (Å²) in [5.41, 5.74) is 0. The first kappa shape index (κ1) is 10.0. The highest BCUT2D eigenvalue weighted by atomic mass is 16.2. The van der Waals surface area contributed by atoms with Crippen molar-refractivity contribution >= 4 is 11.8 Å². The van der Waals surface area contributed by atoms with Gasteiger partial charge in [0.1, 0.15) is 5.78 Å². The van der Waals surface area contributed by atoms with E-state index in [1.165, 1.54) is 0 Å².